The molecule has 0 amide bonds. The van der Waals surface area contributed by atoms with Crippen LogP contribution in [0.1, 0.15) is 6.92 Å². The molecule has 0 heterocycles. The molecular formula is C15H20N4O. The molecule has 4 N–H and O–H groups in total. The van der Waals surface area contributed by atoms with E-state index in [1.807, 2.05) is 24.3 Å². The van der Waals surface area contributed by atoms with Crippen LogP contribution in [0.2, 0.25) is 0 Å². The Labute approximate surface area is 119 Å². The molecule has 0 aliphatic heterocycles. The van der Waals surface area contributed by atoms with Crippen LogP contribution in [0.15, 0.2) is 59.2 Å². The van der Waals surface area contributed by atoms with Crippen molar-refractivity contribution in [2.45, 2.75) is 6.92 Å². The highest BCUT2D eigenvalue weighted by atomic mass is 16.4. The lowest BCUT2D eigenvalue weighted by Crippen LogP contribution is -2.06. The van der Waals surface area contributed by atoms with Crippen LogP contribution in [0.25, 0.3) is 0 Å². The maximum Gasteiger partial charge on any atom is 0.0765 e. The lowest BCUT2D eigenvalue weighted by atomic mass is 10.3. The van der Waals surface area contributed by atoms with E-state index in [-0.39, 0.29) is 0 Å². The van der Waals surface area contributed by atoms with Crippen LogP contribution in [0, 0.1) is 0 Å². The molecule has 0 saturated heterocycles. The lowest BCUT2D eigenvalue weighted by Gasteiger charge is -2.04. The van der Waals surface area contributed by atoms with Crippen molar-refractivity contribution in [1.29, 1.82) is 0 Å². The lowest BCUT2D eigenvalue weighted by molar-refractivity contribution is 0.319. The first-order valence-corrected chi connectivity index (χ1v) is 6.28. The first kappa shape index (κ1) is 15.5. The fraction of sp³-hybridized carbons (Fsp3) is 0.200. The van der Waals surface area contributed by atoms with E-state index in [2.05, 4.69) is 22.0 Å². The van der Waals surface area contributed by atoms with Gasteiger partial charge >= 0.3 is 0 Å². The van der Waals surface area contributed by atoms with E-state index in [4.69, 9.17) is 10.9 Å². The van der Waals surface area contributed by atoms with Crippen LogP contribution in [-0.2, 0) is 0 Å². The standard InChI is InChI=1S/C15H20N4O/c1-3-14(7-4-12(2)19-20)17-10-11-18-15-8-5-13(16)6-9-15/h3-9,18,20H,1,10-11,16H2,2H3. The molecule has 0 saturated carbocycles. The Morgan fingerprint density at radius 2 is 2.05 bits per heavy atom. The van der Waals surface area contributed by atoms with Gasteiger partial charge in [0.15, 0.2) is 0 Å². The first-order chi connectivity index (χ1) is 9.65. The molecule has 0 bridgehead atoms. The SMILES string of the molecule is C=CC(C=CC(C)=NO)=NCCNc1ccc(N)cc1. The van der Waals surface area contributed by atoms with Crippen molar-refractivity contribution in [2.75, 3.05) is 24.1 Å². The Hall–Kier alpha value is -2.56. The predicted molar refractivity (Wildman–Crippen MR) is 85.9 cm³/mol. The van der Waals surface area contributed by atoms with E-state index >= 15 is 0 Å². The number of allylic oxidation sites excluding steroid dienone is 3. The molecule has 20 heavy (non-hydrogen) atoms. The van der Waals surface area contributed by atoms with E-state index in [9.17, 15) is 0 Å². The van der Waals surface area contributed by atoms with Gasteiger partial charge in [-0.1, -0.05) is 11.7 Å². The fourth-order valence-corrected chi connectivity index (χ4v) is 1.41. The van der Waals surface area contributed by atoms with Crippen molar-refractivity contribution in [3.05, 3.63) is 49.1 Å². The second-order valence-corrected chi connectivity index (χ2v) is 4.13. The number of aliphatic imine (C=N–C) groups is 1. The number of hydrogen-bond donors (Lipinski definition) is 3. The number of oxime groups is 1. The van der Waals surface area contributed by atoms with Gasteiger partial charge in [-0.15, -0.1) is 0 Å². The fourth-order valence-electron chi connectivity index (χ4n) is 1.41. The van der Waals surface area contributed by atoms with Crippen molar-refractivity contribution in [3.63, 3.8) is 0 Å². The van der Waals surface area contributed by atoms with Crippen molar-refractivity contribution < 1.29 is 5.21 Å². The summed E-state index contributed by atoms with van der Waals surface area (Å²) < 4.78 is 0. The summed E-state index contributed by atoms with van der Waals surface area (Å²) in [5.74, 6) is 0. The number of rotatable bonds is 7. The molecule has 5 heteroatoms. The molecule has 106 valence electrons. The van der Waals surface area contributed by atoms with Gasteiger partial charge in [0.2, 0.25) is 0 Å². The smallest absolute Gasteiger partial charge is 0.0765 e. The number of nitrogen functional groups attached to an aromatic ring is 1. The summed E-state index contributed by atoms with van der Waals surface area (Å²) in [6.45, 7) is 6.71. The highest BCUT2D eigenvalue weighted by molar-refractivity contribution is 6.07. The minimum atomic E-state index is 0.513. The second kappa shape index (κ2) is 8.53. The Morgan fingerprint density at radius 3 is 2.65 bits per heavy atom. The number of nitrogens with one attached hydrogen (secondary N) is 1. The summed E-state index contributed by atoms with van der Waals surface area (Å²) in [5.41, 5.74) is 8.62. The molecule has 0 aromatic heterocycles. The zero-order valence-corrected chi connectivity index (χ0v) is 11.6. The quantitative estimate of drug-likeness (QED) is 0.235. The number of nitrogens with two attached hydrogens (primary N) is 1. The van der Waals surface area contributed by atoms with Gasteiger partial charge in [-0.3, -0.25) is 4.99 Å². The molecule has 5 nitrogen and oxygen atoms in total. The highest BCUT2D eigenvalue weighted by Crippen LogP contribution is 2.09. The van der Waals surface area contributed by atoms with Crippen molar-refractivity contribution >= 4 is 22.8 Å². The summed E-state index contributed by atoms with van der Waals surface area (Å²) in [7, 11) is 0. The van der Waals surface area contributed by atoms with E-state index in [0.29, 0.717) is 18.8 Å². The van der Waals surface area contributed by atoms with Gasteiger partial charge in [0.1, 0.15) is 0 Å². The maximum absolute atomic E-state index is 8.53. The third kappa shape index (κ3) is 5.86. The highest BCUT2D eigenvalue weighted by Gasteiger charge is 1.92. The van der Waals surface area contributed by atoms with Crippen molar-refractivity contribution in [2.24, 2.45) is 10.1 Å². The van der Waals surface area contributed by atoms with Gasteiger partial charge in [-0.25, -0.2) is 0 Å². The van der Waals surface area contributed by atoms with E-state index in [1.54, 1.807) is 25.2 Å². The normalized spacial score (nSPS) is 12.7. The van der Waals surface area contributed by atoms with Crippen LogP contribution in [0.5, 0.6) is 0 Å². The van der Waals surface area contributed by atoms with Gasteiger partial charge in [0.25, 0.3) is 0 Å². The molecular weight excluding hydrogens is 252 g/mol. The molecule has 1 rings (SSSR count). The Bertz CT molecular complexity index is 515. The molecule has 0 aliphatic rings. The number of anilines is 2. The molecule has 0 atom stereocenters. The van der Waals surface area contributed by atoms with Crippen molar-refractivity contribution in [1.82, 2.24) is 0 Å². The Morgan fingerprint density at radius 1 is 1.35 bits per heavy atom. The molecule has 0 radical (unpaired) electrons. The zero-order valence-electron chi connectivity index (χ0n) is 11.6. The first-order valence-electron chi connectivity index (χ1n) is 6.28. The summed E-state index contributed by atoms with van der Waals surface area (Å²) >= 11 is 0. The summed E-state index contributed by atoms with van der Waals surface area (Å²) in [6, 6.07) is 7.55. The van der Waals surface area contributed by atoms with Gasteiger partial charge in [0.05, 0.1) is 18.0 Å². The van der Waals surface area contributed by atoms with Crippen LogP contribution in [0.4, 0.5) is 11.4 Å². The molecule has 1 aromatic rings. The predicted octanol–water partition coefficient (Wildman–Crippen LogP) is 2.71. The average molecular weight is 272 g/mol. The summed E-state index contributed by atoms with van der Waals surface area (Å²) in [5, 5.41) is 14.8. The van der Waals surface area contributed by atoms with Crippen molar-refractivity contribution in [3.8, 4) is 0 Å². The molecule has 0 fully saturated rings. The number of nitrogens with zero attached hydrogens (tertiary/aromatic N) is 2. The largest absolute Gasteiger partial charge is 0.411 e. The van der Waals surface area contributed by atoms with Gasteiger partial charge in [-0.05, 0) is 49.4 Å². The summed E-state index contributed by atoms with van der Waals surface area (Å²) in [4.78, 5) is 4.37. The van der Waals surface area contributed by atoms with Gasteiger partial charge in [0, 0.05) is 17.9 Å². The van der Waals surface area contributed by atoms with E-state index in [0.717, 1.165) is 17.1 Å². The van der Waals surface area contributed by atoms with Crippen LogP contribution in [0.3, 0.4) is 0 Å². The average Bonchev–Trinajstić information content (AvgIpc) is 2.48. The van der Waals surface area contributed by atoms with Crippen LogP contribution >= 0.6 is 0 Å². The molecule has 0 unspecified atom stereocenters. The number of benzene rings is 1. The van der Waals surface area contributed by atoms with Crippen LogP contribution < -0.4 is 11.1 Å². The number of hydrogen-bond acceptors (Lipinski definition) is 5. The third-order valence-electron chi connectivity index (χ3n) is 2.51. The van der Waals surface area contributed by atoms with Gasteiger partial charge in [-0.2, -0.15) is 0 Å². The molecule has 0 aliphatic carbocycles. The minimum Gasteiger partial charge on any atom is -0.411 e. The maximum atomic E-state index is 8.53. The second-order valence-electron chi connectivity index (χ2n) is 4.13. The molecule has 1 aromatic carbocycles. The van der Waals surface area contributed by atoms with E-state index in [1.165, 1.54) is 0 Å². The molecule has 0 spiro atoms. The summed E-state index contributed by atoms with van der Waals surface area (Å²) in [6.07, 6.45) is 5.09. The zero-order chi connectivity index (χ0) is 14.8. The Balaban J connectivity index is 2.43. The van der Waals surface area contributed by atoms with Crippen LogP contribution in [-0.4, -0.2) is 29.7 Å². The van der Waals surface area contributed by atoms with E-state index < -0.39 is 0 Å². The topological polar surface area (TPSA) is 83.0 Å². The monoisotopic (exact) mass is 272 g/mol. The third-order valence-corrected chi connectivity index (χ3v) is 2.51. The minimum absolute atomic E-state index is 0.513. The Kier molecular flexibility index (Phi) is 6.61. The van der Waals surface area contributed by atoms with Gasteiger partial charge < -0.3 is 16.3 Å².